The number of likely N-dealkylation sites (tertiary alicyclic amines) is 1. The van der Waals surface area contributed by atoms with Crippen LogP contribution in [0.3, 0.4) is 0 Å². The van der Waals surface area contributed by atoms with Gasteiger partial charge < -0.3 is 0 Å². The Kier molecular flexibility index (Phi) is 4.97. The minimum atomic E-state index is -4.34. The maximum atomic E-state index is 13.2. The number of halogens is 3. The number of rotatable bonds is 3. The first-order valence-corrected chi connectivity index (χ1v) is 12.1. The Bertz CT molecular complexity index is 698. The van der Waals surface area contributed by atoms with Crippen molar-refractivity contribution in [3.63, 3.8) is 0 Å². The SMILES string of the molecule is FC(F)(F)c1cc(C2CCC(N3CCC[C@]4(CCSC4)C3)CC2)n(C2CC2)n1. The van der Waals surface area contributed by atoms with Gasteiger partial charge in [-0.25, -0.2) is 0 Å². The van der Waals surface area contributed by atoms with Crippen LogP contribution in [-0.4, -0.2) is 45.3 Å². The molecule has 0 bridgehead atoms. The van der Waals surface area contributed by atoms with Crippen LogP contribution in [0, 0.1) is 5.41 Å². The van der Waals surface area contributed by atoms with Crippen LogP contribution < -0.4 is 0 Å². The van der Waals surface area contributed by atoms with Crippen molar-refractivity contribution in [1.29, 1.82) is 0 Å². The lowest BCUT2D eigenvalue weighted by atomic mass is 9.77. The number of piperidine rings is 1. The fourth-order valence-electron chi connectivity index (χ4n) is 5.73. The summed E-state index contributed by atoms with van der Waals surface area (Å²) in [5.41, 5.74) is 0.690. The average molecular weight is 414 g/mol. The van der Waals surface area contributed by atoms with E-state index in [0.717, 1.165) is 44.2 Å². The number of nitrogens with zero attached hydrogens (tertiary/aromatic N) is 3. The van der Waals surface area contributed by atoms with Crippen LogP contribution in [0.15, 0.2) is 6.07 Å². The molecule has 1 atom stereocenters. The topological polar surface area (TPSA) is 21.1 Å². The quantitative estimate of drug-likeness (QED) is 0.655. The van der Waals surface area contributed by atoms with E-state index in [4.69, 9.17) is 0 Å². The maximum Gasteiger partial charge on any atom is 0.435 e. The third-order valence-corrected chi connectivity index (χ3v) is 8.76. The summed E-state index contributed by atoms with van der Waals surface area (Å²) in [6, 6.07) is 2.17. The van der Waals surface area contributed by atoms with Gasteiger partial charge in [-0.05, 0) is 81.6 Å². The Hall–Kier alpha value is -0.690. The maximum absolute atomic E-state index is 13.2. The molecular formula is C21H30F3N3S. The molecule has 1 aromatic rings. The van der Waals surface area contributed by atoms with Crippen LogP contribution in [0.1, 0.15) is 81.1 Å². The van der Waals surface area contributed by atoms with E-state index in [-0.39, 0.29) is 12.0 Å². The minimum absolute atomic E-state index is 0.200. The highest BCUT2D eigenvalue weighted by Crippen LogP contribution is 2.46. The molecule has 7 heteroatoms. The van der Waals surface area contributed by atoms with Crippen molar-refractivity contribution in [2.24, 2.45) is 5.41 Å². The molecule has 0 radical (unpaired) electrons. The summed E-state index contributed by atoms with van der Waals surface area (Å²) in [6.45, 7) is 2.45. The van der Waals surface area contributed by atoms with Gasteiger partial charge in [-0.1, -0.05) is 0 Å². The number of aromatic nitrogens is 2. The Morgan fingerprint density at radius 3 is 2.43 bits per heavy atom. The molecule has 3 nitrogen and oxygen atoms in total. The van der Waals surface area contributed by atoms with Crippen molar-refractivity contribution < 1.29 is 13.2 Å². The monoisotopic (exact) mass is 413 g/mol. The zero-order valence-corrected chi connectivity index (χ0v) is 17.2. The van der Waals surface area contributed by atoms with Crippen molar-refractivity contribution >= 4 is 11.8 Å². The summed E-state index contributed by atoms with van der Waals surface area (Å²) in [6.07, 6.45) is 5.88. The fourth-order valence-corrected chi connectivity index (χ4v) is 7.26. The lowest BCUT2D eigenvalue weighted by molar-refractivity contribution is -0.141. The Morgan fingerprint density at radius 2 is 1.79 bits per heavy atom. The van der Waals surface area contributed by atoms with Crippen LogP contribution in [0.5, 0.6) is 0 Å². The lowest BCUT2D eigenvalue weighted by Crippen LogP contribution is -2.49. The molecule has 2 saturated carbocycles. The van der Waals surface area contributed by atoms with Crippen LogP contribution in [0.25, 0.3) is 0 Å². The van der Waals surface area contributed by atoms with Crippen LogP contribution in [0.4, 0.5) is 13.2 Å². The van der Waals surface area contributed by atoms with E-state index in [1.165, 1.54) is 49.9 Å². The highest BCUT2D eigenvalue weighted by Gasteiger charge is 2.42. The van der Waals surface area contributed by atoms with Crippen LogP contribution in [-0.2, 0) is 6.18 Å². The molecule has 3 heterocycles. The molecule has 2 aliphatic carbocycles. The predicted molar refractivity (Wildman–Crippen MR) is 106 cm³/mol. The van der Waals surface area contributed by atoms with E-state index in [1.54, 1.807) is 4.68 Å². The third-order valence-electron chi connectivity index (χ3n) is 7.46. The van der Waals surface area contributed by atoms with E-state index in [1.807, 2.05) is 0 Å². The van der Waals surface area contributed by atoms with Gasteiger partial charge in [0.25, 0.3) is 0 Å². The van der Waals surface area contributed by atoms with Gasteiger partial charge in [0.05, 0.1) is 6.04 Å². The first kappa shape index (κ1) is 19.3. The number of thioether (sulfide) groups is 1. The molecule has 1 aromatic heterocycles. The summed E-state index contributed by atoms with van der Waals surface area (Å²) < 4.78 is 41.3. The number of hydrogen-bond donors (Lipinski definition) is 0. The van der Waals surface area contributed by atoms with E-state index >= 15 is 0 Å². The molecule has 0 amide bonds. The average Bonchev–Trinajstić information content (AvgIpc) is 3.26. The predicted octanol–water partition coefficient (Wildman–Crippen LogP) is 5.48. The van der Waals surface area contributed by atoms with Crippen LogP contribution >= 0.6 is 11.8 Å². The molecule has 2 saturated heterocycles. The van der Waals surface area contributed by atoms with E-state index < -0.39 is 11.9 Å². The summed E-state index contributed by atoms with van der Waals surface area (Å²) >= 11 is 2.11. The van der Waals surface area contributed by atoms with Gasteiger partial charge >= 0.3 is 6.18 Å². The van der Waals surface area contributed by atoms with E-state index in [2.05, 4.69) is 21.8 Å². The molecule has 28 heavy (non-hydrogen) atoms. The highest BCUT2D eigenvalue weighted by atomic mass is 32.2. The van der Waals surface area contributed by atoms with Crippen molar-refractivity contribution in [2.75, 3.05) is 24.6 Å². The number of hydrogen-bond acceptors (Lipinski definition) is 3. The molecule has 2 aliphatic heterocycles. The van der Waals surface area contributed by atoms with Gasteiger partial charge in [-0.3, -0.25) is 9.58 Å². The third kappa shape index (κ3) is 3.73. The molecule has 4 aliphatic rings. The van der Waals surface area contributed by atoms with Gasteiger partial charge in [0, 0.05) is 30.0 Å². The summed E-state index contributed by atoms with van der Waals surface area (Å²) in [4.78, 5) is 2.73. The first-order valence-electron chi connectivity index (χ1n) is 10.9. The standard InChI is InChI=1S/C21H30F3N3S/c22-21(23,24)19-12-18(27(25-19)17-6-7-17)15-2-4-16(5-3-15)26-10-1-8-20(13-26)9-11-28-14-20/h12,15-17H,1-11,13-14H2/t15?,16?,20-/m0/s1. The van der Waals surface area contributed by atoms with Gasteiger partial charge in [0.1, 0.15) is 0 Å². The molecule has 5 rings (SSSR count). The minimum Gasteiger partial charge on any atom is -0.300 e. The van der Waals surface area contributed by atoms with Crippen molar-refractivity contribution in [3.05, 3.63) is 17.5 Å². The highest BCUT2D eigenvalue weighted by molar-refractivity contribution is 7.99. The van der Waals surface area contributed by atoms with Gasteiger partial charge in [0.2, 0.25) is 0 Å². The van der Waals surface area contributed by atoms with Gasteiger partial charge in [0.15, 0.2) is 5.69 Å². The largest absolute Gasteiger partial charge is 0.435 e. The Balaban J connectivity index is 1.25. The van der Waals surface area contributed by atoms with Crippen LogP contribution in [0.2, 0.25) is 0 Å². The van der Waals surface area contributed by atoms with Gasteiger partial charge in [-0.2, -0.15) is 30.0 Å². The zero-order valence-electron chi connectivity index (χ0n) is 16.4. The van der Waals surface area contributed by atoms with E-state index in [0.29, 0.717) is 11.5 Å². The molecule has 4 fully saturated rings. The second-order valence-corrected chi connectivity index (χ2v) is 10.6. The number of alkyl halides is 3. The van der Waals surface area contributed by atoms with Gasteiger partial charge in [-0.15, -0.1) is 0 Å². The molecule has 0 N–H and O–H groups in total. The molecular weight excluding hydrogens is 383 g/mol. The normalized spacial score (nSPS) is 35.0. The Morgan fingerprint density at radius 1 is 1.04 bits per heavy atom. The van der Waals surface area contributed by atoms with Crippen molar-refractivity contribution in [3.8, 4) is 0 Å². The summed E-state index contributed by atoms with van der Waals surface area (Å²) in [5, 5.41) is 3.95. The lowest BCUT2D eigenvalue weighted by Gasteiger charge is -2.45. The summed E-state index contributed by atoms with van der Waals surface area (Å²) in [5.74, 6) is 2.87. The molecule has 0 aromatic carbocycles. The second-order valence-electron chi connectivity index (χ2n) is 9.51. The fraction of sp³-hybridized carbons (Fsp3) is 0.857. The molecule has 156 valence electrons. The molecule has 1 spiro atoms. The molecule has 0 unspecified atom stereocenters. The zero-order chi connectivity index (χ0) is 19.4. The second kappa shape index (κ2) is 7.22. The van der Waals surface area contributed by atoms with E-state index in [9.17, 15) is 13.2 Å². The first-order chi connectivity index (χ1) is 13.4. The van der Waals surface area contributed by atoms with Crippen molar-refractivity contribution in [2.45, 2.75) is 82.0 Å². The Labute approximate surface area is 169 Å². The van der Waals surface area contributed by atoms with Crippen molar-refractivity contribution in [1.82, 2.24) is 14.7 Å². The summed E-state index contributed by atoms with van der Waals surface area (Å²) in [7, 11) is 0. The smallest absolute Gasteiger partial charge is 0.300 e.